The summed E-state index contributed by atoms with van der Waals surface area (Å²) in [6.45, 7) is 3.69. The van der Waals surface area contributed by atoms with E-state index in [1.807, 2.05) is 0 Å². The first-order valence-electron chi connectivity index (χ1n) is 6.81. The first-order valence-corrected chi connectivity index (χ1v) is 7.80. The first kappa shape index (κ1) is 16.2. The number of hydrogen-bond acceptors (Lipinski definition) is 5. The maximum Gasteiger partial charge on any atom is 0.337 e. The fourth-order valence-corrected chi connectivity index (χ4v) is 2.95. The number of rotatable bonds is 5. The molecular weight excluding hydrogens is 306 g/mol. The van der Waals surface area contributed by atoms with E-state index in [4.69, 9.17) is 4.74 Å². The van der Waals surface area contributed by atoms with E-state index in [-0.39, 0.29) is 18.4 Å². The summed E-state index contributed by atoms with van der Waals surface area (Å²) in [6.07, 6.45) is 1.40. The van der Waals surface area contributed by atoms with Crippen LogP contribution in [0.5, 0.6) is 0 Å². The Kier molecular flexibility index (Phi) is 5.26. The minimum atomic E-state index is -0.471. The van der Waals surface area contributed by atoms with Gasteiger partial charge in [-0.2, -0.15) is 4.73 Å². The molecule has 22 heavy (non-hydrogen) atoms. The van der Waals surface area contributed by atoms with E-state index in [2.05, 4.69) is 10.6 Å². The molecule has 0 spiro atoms. The molecule has 1 aliphatic rings. The van der Waals surface area contributed by atoms with Crippen LogP contribution in [0.1, 0.15) is 13.8 Å². The van der Waals surface area contributed by atoms with E-state index in [0.29, 0.717) is 16.3 Å². The van der Waals surface area contributed by atoms with Crippen LogP contribution >= 0.6 is 11.8 Å². The molecule has 2 amide bonds. The largest absolute Gasteiger partial charge is 0.618 e. The Labute approximate surface area is 132 Å². The SMILES string of the molecule is CCOC(=O)C1=C(CSc2cccc[n+]2[O-])NC(=O)N[C@@H]1C. The lowest BCUT2D eigenvalue weighted by atomic mass is 10.1. The summed E-state index contributed by atoms with van der Waals surface area (Å²) in [5.41, 5.74) is 0.839. The third-order valence-electron chi connectivity index (χ3n) is 3.02. The summed E-state index contributed by atoms with van der Waals surface area (Å²) in [6, 6.07) is 4.24. The third-order valence-corrected chi connectivity index (χ3v) is 4.06. The van der Waals surface area contributed by atoms with Crippen LogP contribution in [-0.2, 0) is 9.53 Å². The molecule has 1 atom stereocenters. The number of carbonyl (C=O) groups is 2. The smallest absolute Gasteiger partial charge is 0.337 e. The van der Waals surface area contributed by atoms with Crippen LogP contribution in [0.3, 0.4) is 0 Å². The highest BCUT2D eigenvalue weighted by molar-refractivity contribution is 7.99. The highest BCUT2D eigenvalue weighted by Gasteiger charge is 2.29. The van der Waals surface area contributed by atoms with Crippen molar-refractivity contribution < 1.29 is 19.1 Å². The summed E-state index contributed by atoms with van der Waals surface area (Å²) in [5.74, 6) is -0.181. The summed E-state index contributed by atoms with van der Waals surface area (Å²) >= 11 is 1.24. The molecule has 1 aromatic heterocycles. The number of urea groups is 1. The van der Waals surface area contributed by atoms with Crippen molar-refractivity contribution in [1.82, 2.24) is 10.6 Å². The van der Waals surface area contributed by atoms with Gasteiger partial charge in [0, 0.05) is 23.6 Å². The Bertz CT molecular complexity index is 618. The van der Waals surface area contributed by atoms with Crippen molar-refractivity contribution in [2.24, 2.45) is 0 Å². The van der Waals surface area contributed by atoms with Gasteiger partial charge in [-0.15, -0.1) is 0 Å². The van der Waals surface area contributed by atoms with E-state index in [9.17, 15) is 14.8 Å². The maximum absolute atomic E-state index is 12.1. The first-order chi connectivity index (χ1) is 10.5. The van der Waals surface area contributed by atoms with Gasteiger partial charge in [0.15, 0.2) is 6.20 Å². The number of aromatic nitrogens is 1. The molecule has 1 aromatic rings. The average Bonchev–Trinajstić information content (AvgIpc) is 2.46. The van der Waals surface area contributed by atoms with Crippen LogP contribution in [0, 0.1) is 5.21 Å². The molecule has 118 valence electrons. The maximum atomic E-state index is 12.1. The molecule has 0 aromatic carbocycles. The number of carbonyl (C=O) groups excluding carboxylic acids is 2. The molecule has 7 nitrogen and oxygen atoms in total. The summed E-state index contributed by atoms with van der Waals surface area (Å²) in [5, 5.41) is 17.4. The highest BCUT2D eigenvalue weighted by atomic mass is 32.2. The lowest BCUT2D eigenvalue weighted by Gasteiger charge is -2.26. The van der Waals surface area contributed by atoms with Gasteiger partial charge in [-0.3, -0.25) is 0 Å². The van der Waals surface area contributed by atoms with Crippen LogP contribution in [0.2, 0.25) is 0 Å². The quantitative estimate of drug-likeness (QED) is 0.364. The lowest BCUT2D eigenvalue weighted by Crippen LogP contribution is -2.49. The van der Waals surface area contributed by atoms with Crippen molar-refractivity contribution in [3.63, 3.8) is 0 Å². The Hall–Kier alpha value is -2.22. The Morgan fingerprint density at radius 1 is 1.50 bits per heavy atom. The van der Waals surface area contributed by atoms with Gasteiger partial charge in [0.05, 0.1) is 18.2 Å². The molecule has 0 radical (unpaired) electrons. The van der Waals surface area contributed by atoms with Gasteiger partial charge in [0.2, 0.25) is 0 Å². The standard InChI is InChI=1S/C14H17N3O4S/c1-3-21-13(18)12-9(2)15-14(19)16-10(12)8-22-11-6-4-5-7-17(11)20/h4-7,9H,3,8H2,1-2H3,(H2,15,16,19)/t9-/m1/s1. The monoisotopic (exact) mass is 323 g/mol. The van der Waals surface area contributed by atoms with Crippen molar-refractivity contribution in [3.8, 4) is 0 Å². The van der Waals surface area contributed by atoms with E-state index in [1.54, 1.807) is 32.0 Å². The zero-order valence-corrected chi connectivity index (χ0v) is 13.1. The van der Waals surface area contributed by atoms with Crippen LogP contribution < -0.4 is 15.4 Å². The summed E-state index contributed by atoms with van der Waals surface area (Å²) < 4.78 is 5.77. The Morgan fingerprint density at radius 2 is 2.27 bits per heavy atom. The minimum Gasteiger partial charge on any atom is -0.618 e. The number of pyridine rings is 1. The molecule has 0 saturated carbocycles. The van der Waals surface area contributed by atoms with Gasteiger partial charge in [0.1, 0.15) is 0 Å². The normalized spacial score (nSPS) is 17.7. The molecule has 2 N–H and O–H groups in total. The van der Waals surface area contributed by atoms with E-state index in [1.165, 1.54) is 18.0 Å². The number of amides is 2. The van der Waals surface area contributed by atoms with Crippen LogP contribution in [-0.4, -0.2) is 30.4 Å². The third kappa shape index (κ3) is 3.70. The lowest BCUT2D eigenvalue weighted by molar-refractivity contribution is -0.645. The zero-order chi connectivity index (χ0) is 16.1. The molecule has 2 heterocycles. The Morgan fingerprint density at radius 3 is 2.95 bits per heavy atom. The van der Waals surface area contributed by atoms with Crippen molar-refractivity contribution >= 4 is 23.8 Å². The Balaban J connectivity index is 2.22. The zero-order valence-electron chi connectivity index (χ0n) is 12.3. The number of thioether (sulfide) groups is 1. The van der Waals surface area contributed by atoms with Gasteiger partial charge in [0.25, 0.3) is 5.03 Å². The number of ether oxygens (including phenoxy) is 1. The predicted octanol–water partition coefficient (Wildman–Crippen LogP) is 0.931. The topological polar surface area (TPSA) is 94.4 Å². The number of nitrogens with one attached hydrogen (secondary N) is 2. The molecule has 8 heteroatoms. The van der Waals surface area contributed by atoms with E-state index < -0.39 is 12.0 Å². The van der Waals surface area contributed by atoms with Gasteiger partial charge in [-0.1, -0.05) is 0 Å². The predicted molar refractivity (Wildman–Crippen MR) is 80.9 cm³/mol. The number of hydrogen-bond donors (Lipinski definition) is 2. The minimum absolute atomic E-state index is 0.253. The summed E-state index contributed by atoms with van der Waals surface area (Å²) in [7, 11) is 0. The number of esters is 1. The van der Waals surface area contributed by atoms with E-state index >= 15 is 0 Å². The molecule has 1 aliphatic heterocycles. The molecule has 0 fully saturated rings. The van der Waals surface area contributed by atoms with Crippen molar-refractivity contribution in [3.05, 3.63) is 40.9 Å². The average molecular weight is 323 g/mol. The molecular formula is C14H17N3O4S. The number of nitrogens with zero attached hydrogens (tertiary/aromatic N) is 1. The molecule has 0 unspecified atom stereocenters. The van der Waals surface area contributed by atoms with Gasteiger partial charge < -0.3 is 20.6 Å². The highest BCUT2D eigenvalue weighted by Crippen LogP contribution is 2.21. The van der Waals surface area contributed by atoms with Crippen molar-refractivity contribution in [2.45, 2.75) is 24.9 Å². The summed E-state index contributed by atoms with van der Waals surface area (Å²) in [4.78, 5) is 23.7. The van der Waals surface area contributed by atoms with Crippen LogP contribution in [0.15, 0.2) is 40.7 Å². The second kappa shape index (κ2) is 7.17. The molecule has 2 rings (SSSR count). The fraction of sp³-hybridized carbons (Fsp3) is 0.357. The fourth-order valence-electron chi connectivity index (χ4n) is 2.06. The van der Waals surface area contributed by atoms with Gasteiger partial charge in [-0.25, -0.2) is 9.59 Å². The molecule has 0 bridgehead atoms. The van der Waals surface area contributed by atoms with Crippen LogP contribution in [0.25, 0.3) is 0 Å². The second-order valence-corrected chi connectivity index (χ2v) is 5.58. The van der Waals surface area contributed by atoms with E-state index in [0.717, 1.165) is 4.73 Å². The molecule has 0 aliphatic carbocycles. The van der Waals surface area contributed by atoms with Gasteiger partial charge in [-0.05, 0) is 31.7 Å². The molecule has 0 saturated heterocycles. The van der Waals surface area contributed by atoms with Crippen molar-refractivity contribution in [2.75, 3.05) is 12.4 Å². The second-order valence-electron chi connectivity index (χ2n) is 4.59. The van der Waals surface area contributed by atoms with Crippen molar-refractivity contribution in [1.29, 1.82) is 0 Å². The van der Waals surface area contributed by atoms with Crippen LogP contribution in [0.4, 0.5) is 4.79 Å². The van der Waals surface area contributed by atoms with Gasteiger partial charge >= 0.3 is 12.0 Å².